The Morgan fingerprint density at radius 1 is 1.33 bits per heavy atom. The molecule has 0 bridgehead atoms. The highest BCUT2D eigenvalue weighted by Gasteiger charge is 2.23. The first-order valence-electron chi connectivity index (χ1n) is 8.62. The molecule has 3 rings (SSSR count). The molecule has 1 atom stereocenters. The van der Waals surface area contributed by atoms with E-state index in [0.29, 0.717) is 12.5 Å². The van der Waals surface area contributed by atoms with Gasteiger partial charge in [-0.15, -0.1) is 0 Å². The smallest absolute Gasteiger partial charge is 0.227 e. The van der Waals surface area contributed by atoms with E-state index in [9.17, 15) is 4.79 Å². The predicted molar refractivity (Wildman–Crippen MR) is 97.5 cm³/mol. The topological polar surface area (TPSA) is 50.2 Å². The molecular weight excluding hydrogens is 300 g/mol. The first-order valence-corrected chi connectivity index (χ1v) is 8.62. The van der Waals surface area contributed by atoms with Crippen LogP contribution in [0.25, 0.3) is 0 Å². The molecule has 0 aliphatic carbocycles. The second-order valence-electron chi connectivity index (χ2n) is 6.67. The molecule has 1 aliphatic heterocycles. The summed E-state index contributed by atoms with van der Waals surface area (Å²) in [6, 6.07) is 8.44. The summed E-state index contributed by atoms with van der Waals surface area (Å²) in [7, 11) is 1.95. The molecule has 2 aromatic rings. The summed E-state index contributed by atoms with van der Waals surface area (Å²) < 4.78 is 1.89. The molecule has 1 N–H and O–H groups in total. The van der Waals surface area contributed by atoms with Gasteiger partial charge >= 0.3 is 0 Å². The van der Waals surface area contributed by atoms with Crippen LogP contribution in [-0.4, -0.2) is 28.3 Å². The molecule has 128 valence electrons. The molecular formula is C19H26N4O. The lowest BCUT2D eigenvalue weighted by molar-refractivity contribution is -0.118. The van der Waals surface area contributed by atoms with Crippen LogP contribution in [0.5, 0.6) is 0 Å². The van der Waals surface area contributed by atoms with E-state index in [1.54, 1.807) is 0 Å². The number of carbonyl (C=O) groups excluding carboxylic acids is 1. The number of rotatable bonds is 3. The number of fused-ring (bicyclic) bond motifs is 1. The summed E-state index contributed by atoms with van der Waals surface area (Å²) in [5.74, 6) is 0.181. The number of nitrogens with zero attached hydrogens (tertiary/aromatic N) is 3. The second kappa shape index (κ2) is 6.67. The fraction of sp³-hybridized carbons (Fsp3) is 0.474. The van der Waals surface area contributed by atoms with E-state index >= 15 is 0 Å². The molecule has 0 fully saturated rings. The molecule has 1 aromatic carbocycles. The molecule has 24 heavy (non-hydrogen) atoms. The normalized spacial score (nSPS) is 17.2. The van der Waals surface area contributed by atoms with Crippen LogP contribution in [0, 0.1) is 13.8 Å². The minimum atomic E-state index is 0.181. The summed E-state index contributed by atoms with van der Waals surface area (Å²) in [4.78, 5) is 14.8. The van der Waals surface area contributed by atoms with Crippen molar-refractivity contribution in [3.8, 4) is 0 Å². The van der Waals surface area contributed by atoms with E-state index < -0.39 is 0 Å². The first-order chi connectivity index (χ1) is 11.5. The monoisotopic (exact) mass is 326 g/mol. The fourth-order valence-electron chi connectivity index (χ4n) is 3.42. The third-order valence-corrected chi connectivity index (χ3v) is 4.93. The Bertz CT molecular complexity index is 750. The lowest BCUT2D eigenvalue weighted by Gasteiger charge is -2.22. The van der Waals surface area contributed by atoms with Gasteiger partial charge in [0.1, 0.15) is 0 Å². The number of hydrogen-bond donors (Lipinski definition) is 1. The van der Waals surface area contributed by atoms with Gasteiger partial charge in [-0.2, -0.15) is 5.10 Å². The van der Waals surface area contributed by atoms with Gasteiger partial charge < -0.3 is 10.2 Å². The average molecular weight is 326 g/mol. The van der Waals surface area contributed by atoms with Gasteiger partial charge in [-0.05, 0) is 51.3 Å². The van der Waals surface area contributed by atoms with Gasteiger partial charge in [0, 0.05) is 31.7 Å². The number of nitrogens with one attached hydrogen (secondary N) is 1. The summed E-state index contributed by atoms with van der Waals surface area (Å²) in [6.45, 7) is 6.99. The summed E-state index contributed by atoms with van der Waals surface area (Å²) in [6.07, 6.45) is 2.20. The maximum Gasteiger partial charge on any atom is 0.227 e. The zero-order valence-electron chi connectivity index (χ0n) is 15.0. The number of benzene rings is 1. The molecule has 1 aliphatic rings. The molecule has 0 radical (unpaired) electrons. The van der Waals surface area contributed by atoms with Crippen LogP contribution >= 0.6 is 0 Å². The van der Waals surface area contributed by atoms with Crippen LogP contribution in [0.2, 0.25) is 0 Å². The van der Waals surface area contributed by atoms with Crippen molar-refractivity contribution in [1.29, 1.82) is 0 Å². The Hall–Kier alpha value is -2.30. The predicted octanol–water partition coefficient (Wildman–Crippen LogP) is 3.21. The van der Waals surface area contributed by atoms with Crippen LogP contribution in [-0.2, 0) is 18.3 Å². The van der Waals surface area contributed by atoms with Crippen LogP contribution in [0.15, 0.2) is 24.3 Å². The molecule has 1 unspecified atom stereocenters. The number of anilines is 2. The zero-order valence-corrected chi connectivity index (χ0v) is 15.0. The summed E-state index contributed by atoms with van der Waals surface area (Å²) >= 11 is 0. The second-order valence-corrected chi connectivity index (χ2v) is 6.67. The van der Waals surface area contributed by atoms with E-state index in [0.717, 1.165) is 42.1 Å². The summed E-state index contributed by atoms with van der Waals surface area (Å²) in [5.41, 5.74) is 5.40. The summed E-state index contributed by atoms with van der Waals surface area (Å²) in [5, 5.41) is 7.94. The lowest BCUT2D eigenvalue weighted by Crippen LogP contribution is -2.32. The van der Waals surface area contributed by atoms with Crippen molar-refractivity contribution in [1.82, 2.24) is 9.78 Å². The van der Waals surface area contributed by atoms with Crippen molar-refractivity contribution >= 4 is 17.3 Å². The van der Waals surface area contributed by atoms with Crippen LogP contribution in [0.3, 0.4) is 0 Å². The van der Waals surface area contributed by atoms with E-state index in [-0.39, 0.29) is 5.91 Å². The van der Waals surface area contributed by atoms with Gasteiger partial charge in [-0.3, -0.25) is 9.48 Å². The molecule has 5 heteroatoms. The maximum atomic E-state index is 12.9. The highest BCUT2D eigenvalue weighted by atomic mass is 16.2. The lowest BCUT2D eigenvalue weighted by atomic mass is 10.1. The van der Waals surface area contributed by atoms with E-state index in [2.05, 4.69) is 24.3 Å². The van der Waals surface area contributed by atoms with Gasteiger partial charge in [-0.25, -0.2) is 0 Å². The Morgan fingerprint density at radius 2 is 2.08 bits per heavy atom. The fourth-order valence-corrected chi connectivity index (χ4v) is 3.42. The maximum absolute atomic E-state index is 12.9. The number of aryl methyl sites for hydroxylation is 2. The van der Waals surface area contributed by atoms with Crippen molar-refractivity contribution < 1.29 is 4.79 Å². The van der Waals surface area contributed by atoms with Crippen molar-refractivity contribution in [3.63, 3.8) is 0 Å². The van der Waals surface area contributed by atoms with Crippen LogP contribution in [0.4, 0.5) is 11.4 Å². The Balaban J connectivity index is 1.77. The molecule has 5 nitrogen and oxygen atoms in total. The van der Waals surface area contributed by atoms with Crippen LogP contribution < -0.4 is 10.2 Å². The molecule has 2 heterocycles. The SMILES string of the molecule is Cc1nn(C)c(C)c1CCC(=O)N1CCC(C)Nc2ccccc21. The van der Waals surface area contributed by atoms with Gasteiger partial charge in [-0.1, -0.05) is 12.1 Å². The third kappa shape index (κ3) is 3.16. The zero-order chi connectivity index (χ0) is 17.3. The standard InChI is InChI=1S/C19H26N4O/c1-13-11-12-23(18-8-6-5-7-17(18)20-13)19(24)10-9-16-14(2)21-22(4)15(16)3/h5-8,13,20H,9-12H2,1-4H3. The van der Waals surface area contributed by atoms with Gasteiger partial charge in [0.25, 0.3) is 0 Å². The van der Waals surface area contributed by atoms with Gasteiger partial charge in [0.05, 0.1) is 17.1 Å². The Labute approximate surface area is 143 Å². The highest BCUT2D eigenvalue weighted by Crippen LogP contribution is 2.30. The third-order valence-electron chi connectivity index (χ3n) is 4.93. The van der Waals surface area contributed by atoms with Crippen molar-refractivity contribution in [2.24, 2.45) is 7.05 Å². The number of aromatic nitrogens is 2. The van der Waals surface area contributed by atoms with E-state index in [1.807, 2.05) is 47.8 Å². The van der Waals surface area contributed by atoms with Crippen molar-refractivity contribution in [2.45, 2.75) is 46.1 Å². The van der Waals surface area contributed by atoms with Gasteiger partial charge in [0.15, 0.2) is 0 Å². The molecule has 0 saturated heterocycles. The number of para-hydroxylation sites is 2. The van der Waals surface area contributed by atoms with E-state index in [1.165, 1.54) is 5.56 Å². The number of amides is 1. The van der Waals surface area contributed by atoms with E-state index in [4.69, 9.17) is 0 Å². The molecule has 1 amide bonds. The number of carbonyl (C=O) groups is 1. The van der Waals surface area contributed by atoms with Crippen LogP contribution in [0.1, 0.15) is 36.7 Å². The van der Waals surface area contributed by atoms with Crippen molar-refractivity contribution in [3.05, 3.63) is 41.2 Å². The molecule has 0 spiro atoms. The minimum absolute atomic E-state index is 0.181. The first kappa shape index (κ1) is 16.6. The quantitative estimate of drug-likeness (QED) is 0.942. The average Bonchev–Trinajstić information content (AvgIpc) is 2.71. The largest absolute Gasteiger partial charge is 0.381 e. The Kier molecular flexibility index (Phi) is 4.60. The highest BCUT2D eigenvalue weighted by molar-refractivity contribution is 5.97. The molecule has 1 aromatic heterocycles. The molecule has 0 saturated carbocycles. The number of hydrogen-bond acceptors (Lipinski definition) is 3. The minimum Gasteiger partial charge on any atom is -0.381 e. The van der Waals surface area contributed by atoms with Gasteiger partial charge in [0.2, 0.25) is 5.91 Å². The van der Waals surface area contributed by atoms with Crippen molar-refractivity contribution in [2.75, 3.05) is 16.8 Å². The Morgan fingerprint density at radius 3 is 2.79 bits per heavy atom.